The lowest BCUT2D eigenvalue weighted by Gasteiger charge is -2.33. The Morgan fingerprint density at radius 1 is 1.48 bits per heavy atom. The zero-order valence-corrected chi connectivity index (χ0v) is 13.2. The Labute approximate surface area is 126 Å². The molecule has 0 radical (unpaired) electrons. The van der Waals surface area contributed by atoms with Crippen LogP contribution in [-0.2, 0) is 4.74 Å². The predicted octanol–water partition coefficient (Wildman–Crippen LogP) is 2.33. The summed E-state index contributed by atoms with van der Waals surface area (Å²) in [5.41, 5.74) is 7.34. The van der Waals surface area contributed by atoms with Crippen LogP contribution in [0.4, 0.5) is 4.79 Å². The summed E-state index contributed by atoms with van der Waals surface area (Å²) in [7, 11) is 0. The Bertz CT molecular complexity index is 464. The molecule has 1 fully saturated rings. The maximum atomic E-state index is 11.7. The lowest BCUT2D eigenvalue weighted by atomic mass is 10.00. The van der Waals surface area contributed by atoms with Gasteiger partial charge in [0.05, 0.1) is 18.6 Å². The van der Waals surface area contributed by atoms with Crippen LogP contribution in [0.3, 0.4) is 0 Å². The number of nitrogens with zero attached hydrogens (tertiary/aromatic N) is 3. The van der Waals surface area contributed by atoms with Crippen LogP contribution >= 0.6 is 0 Å². The molecule has 0 bridgehead atoms. The van der Waals surface area contributed by atoms with Crippen molar-refractivity contribution in [3.05, 3.63) is 18.2 Å². The van der Waals surface area contributed by atoms with Gasteiger partial charge in [0.1, 0.15) is 0 Å². The van der Waals surface area contributed by atoms with Crippen molar-refractivity contribution in [1.82, 2.24) is 14.5 Å². The molecule has 0 saturated carbocycles. The van der Waals surface area contributed by atoms with Gasteiger partial charge in [0.15, 0.2) is 0 Å². The molecule has 2 rings (SSSR count). The molecule has 0 spiro atoms. The summed E-state index contributed by atoms with van der Waals surface area (Å²) in [6.07, 6.45) is 5.34. The fourth-order valence-electron chi connectivity index (χ4n) is 2.76. The van der Waals surface area contributed by atoms with Gasteiger partial charge >= 0.3 is 6.09 Å². The van der Waals surface area contributed by atoms with Crippen molar-refractivity contribution in [1.29, 1.82) is 0 Å². The molecule has 1 unspecified atom stereocenters. The van der Waals surface area contributed by atoms with E-state index < -0.39 is 0 Å². The van der Waals surface area contributed by atoms with Crippen LogP contribution in [0.5, 0.6) is 0 Å². The van der Waals surface area contributed by atoms with Crippen molar-refractivity contribution >= 4 is 6.09 Å². The summed E-state index contributed by atoms with van der Waals surface area (Å²) in [6, 6.07) is 0.355. The molecule has 118 valence electrons. The first-order chi connectivity index (χ1) is 10.0. The maximum absolute atomic E-state index is 11.7. The van der Waals surface area contributed by atoms with E-state index >= 15 is 0 Å². The molecule has 2 heterocycles. The number of amides is 1. The third kappa shape index (κ3) is 3.56. The minimum Gasteiger partial charge on any atom is -0.450 e. The minimum absolute atomic E-state index is 0.00409. The maximum Gasteiger partial charge on any atom is 0.409 e. The van der Waals surface area contributed by atoms with Crippen LogP contribution in [0.2, 0.25) is 0 Å². The molecule has 2 N–H and O–H groups in total. The molecule has 1 aromatic rings. The van der Waals surface area contributed by atoms with Gasteiger partial charge in [-0.2, -0.15) is 0 Å². The summed E-state index contributed by atoms with van der Waals surface area (Å²) in [4.78, 5) is 17.8. The van der Waals surface area contributed by atoms with Gasteiger partial charge in [-0.3, -0.25) is 0 Å². The standard InChI is InChI=1S/C15H26N4O2/c1-4-21-15(20)18-7-5-12(6-8-18)19-10-17-9-13(19)14(16)11(2)3/h9-12,14H,4-8,16H2,1-3H3. The van der Waals surface area contributed by atoms with Crippen LogP contribution in [-0.4, -0.2) is 40.2 Å². The number of imidazole rings is 1. The minimum atomic E-state index is -0.208. The molecule has 6 nitrogen and oxygen atoms in total. The fraction of sp³-hybridized carbons (Fsp3) is 0.733. The number of hydrogen-bond acceptors (Lipinski definition) is 4. The summed E-state index contributed by atoms with van der Waals surface area (Å²) in [5.74, 6) is 0.375. The predicted molar refractivity (Wildman–Crippen MR) is 80.9 cm³/mol. The molecule has 1 aliphatic heterocycles. The number of rotatable bonds is 4. The molecule has 21 heavy (non-hydrogen) atoms. The largest absolute Gasteiger partial charge is 0.450 e. The van der Waals surface area contributed by atoms with Gasteiger partial charge in [0, 0.05) is 31.4 Å². The van der Waals surface area contributed by atoms with E-state index in [4.69, 9.17) is 10.5 Å². The van der Waals surface area contributed by atoms with Crippen LogP contribution in [0, 0.1) is 5.92 Å². The Hall–Kier alpha value is -1.56. The van der Waals surface area contributed by atoms with Gasteiger partial charge in [-0.15, -0.1) is 0 Å². The number of hydrogen-bond donors (Lipinski definition) is 1. The molecule has 1 aromatic heterocycles. The summed E-state index contributed by atoms with van der Waals surface area (Å²) >= 11 is 0. The first kappa shape index (κ1) is 15.8. The first-order valence-electron chi connectivity index (χ1n) is 7.73. The summed E-state index contributed by atoms with van der Waals surface area (Å²) in [6.45, 7) is 7.93. The number of aromatic nitrogens is 2. The normalized spacial score (nSPS) is 18.0. The van der Waals surface area contributed by atoms with E-state index in [-0.39, 0.29) is 12.1 Å². The number of ether oxygens (including phenoxy) is 1. The smallest absolute Gasteiger partial charge is 0.409 e. The van der Waals surface area contributed by atoms with E-state index in [0.29, 0.717) is 18.6 Å². The molecule has 0 aromatic carbocycles. The zero-order chi connectivity index (χ0) is 15.4. The highest BCUT2D eigenvalue weighted by Crippen LogP contribution is 2.28. The lowest BCUT2D eigenvalue weighted by Crippen LogP contribution is -2.39. The van der Waals surface area contributed by atoms with Gasteiger partial charge in [-0.05, 0) is 25.7 Å². The third-order valence-corrected chi connectivity index (χ3v) is 4.14. The first-order valence-corrected chi connectivity index (χ1v) is 7.73. The monoisotopic (exact) mass is 294 g/mol. The molecule has 6 heteroatoms. The topological polar surface area (TPSA) is 73.4 Å². The molecule has 1 saturated heterocycles. The van der Waals surface area contributed by atoms with Crippen LogP contribution in [0.25, 0.3) is 0 Å². The highest BCUT2D eigenvalue weighted by Gasteiger charge is 2.27. The Balaban J connectivity index is 2.00. The molecule has 1 aliphatic rings. The zero-order valence-electron chi connectivity index (χ0n) is 13.2. The van der Waals surface area contributed by atoms with Crippen molar-refractivity contribution in [2.24, 2.45) is 11.7 Å². The van der Waals surface area contributed by atoms with E-state index in [1.54, 1.807) is 4.90 Å². The number of carbonyl (C=O) groups excluding carboxylic acids is 1. The van der Waals surface area contributed by atoms with Crippen molar-refractivity contribution < 1.29 is 9.53 Å². The molecular formula is C15H26N4O2. The average molecular weight is 294 g/mol. The quantitative estimate of drug-likeness (QED) is 0.925. The molecule has 0 aliphatic carbocycles. The van der Waals surface area contributed by atoms with E-state index in [1.165, 1.54) is 0 Å². The van der Waals surface area contributed by atoms with Gasteiger partial charge in [-0.25, -0.2) is 9.78 Å². The fourth-order valence-corrected chi connectivity index (χ4v) is 2.76. The second kappa shape index (κ2) is 6.93. The third-order valence-electron chi connectivity index (χ3n) is 4.14. The highest BCUT2D eigenvalue weighted by molar-refractivity contribution is 5.67. The average Bonchev–Trinajstić information content (AvgIpc) is 2.96. The molecule has 1 amide bonds. The Kier molecular flexibility index (Phi) is 5.22. The van der Waals surface area contributed by atoms with E-state index in [9.17, 15) is 4.79 Å². The number of likely N-dealkylation sites (tertiary alicyclic amines) is 1. The van der Waals surface area contributed by atoms with E-state index in [2.05, 4.69) is 23.4 Å². The lowest BCUT2D eigenvalue weighted by molar-refractivity contribution is 0.0923. The molecule has 1 atom stereocenters. The van der Waals surface area contributed by atoms with Gasteiger partial charge in [0.25, 0.3) is 0 Å². The van der Waals surface area contributed by atoms with E-state index in [0.717, 1.165) is 31.6 Å². The van der Waals surface area contributed by atoms with Crippen LogP contribution < -0.4 is 5.73 Å². The van der Waals surface area contributed by atoms with Crippen molar-refractivity contribution in [2.75, 3.05) is 19.7 Å². The van der Waals surface area contributed by atoms with Gasteiger partial charge in [-0.1, -0.05) is 13.8 Å². The van der Waals surface area contributed by atoms with E-state index in [1.807, 2.05) is 19.4 Å². The van der Waals surface area contributed by atoms with Crippen LogP contribution in [0.15, 0.2) is 12.5 Å². The second-order valence-electron chi connectivity index (χ2n) is 5.91. The Morgan fingerprint density at radius 3 is 2.71 bits per heavy atom. The van der Waals surface area contributed by atoms with Crippen molar-refractivity contribution in [3.63, 3.8) is 0 Å². The second-order valence-corrected chi connectivity index (χ2v) is 5.91. The number of carbonyl (C=O) groups is 1. The summed E-state index contributed by atoms with van der Waals surface area (Å²) < 4.78 is 7.24. The SMILES string of the molecule is CCOC(=O)N1CCC(n2cncc2C(N)C(C)C)CC1. The van der Waals surface area contributed by atoms with Gasteiger partial charge in [0.2, 0.25) is 0 Å². The molecular weight excluding hydrogens is 268 g/mol. The van der Waals surface area contributed by atoms with Crippen LogP contribution in [0.1, 0.15) is 51.4 Å². The Morgan fingerprint density at radius 2 is 2.14 bits per heavy atom. The highest BCUT2D eigenvalue weighted by atomic mass is 16.6. The van der Waals surface area contributed by atoms with Gasteiger partial charge < -0.3 is 19.9 Å². The van der Waals surface area contributed by atoms with Crippen molar-refractivity contribution in [2.45, 2.75) is 45.7 Å². The van der Waals surface area contributed by atoms with Crippen molar-refractivity contribution in [3.8, 4) is 0 Å². The summed E-state index contributed by atoms with van der Waals surface area (Å²) in [5, 5.41) is 0. The number of nitrogens with two attached hydrogens (primary N) is 1. The number of piperidine rings is 1.